The molecule has 1 unspecified atom stereocenters. The molecule has 1 fully saturated rings. The molecule has 1 saturated heterocycles. The second-order valence-electron chi connectivity index (χ2n) is 5.38. The summed E-state index contributed by atoms with van der Waals surface area (Å²) < 4.78 is 13.1. The first-order chi connectivity index (χ1) is 10.6. The molecule has 1 aliphatic heterocycles. The highest BCUT2D eigenvalue weighted by atomic mass is 35.5. The number of hydrogen-bond acceptors (Lipinski definition) is 3. The summed E-state index contributed by atoms with van der Waals surface area (Å²) in [6, 6.07) is 1.97. The number of nitrogens with one attached hydrogen (secondary N) is 1. The highest BCUT2D eigenvalue weighted by molar-refractivity contribution is 6.30. The van der Waals surface area contributed by atoms with Gasteiger partial charge in [-0.1, -0.05) is 11.6 Å². The molecule has 1 aromatic rings. The van der Waals surface area contributed by atoms with E-state index in [1.54, 1.807) is 0 Å². The summed E-state index contributed by atoms with van der Waals surface area (Å²) in [6.45, 7) is 6.14. The lowest BCUT2D eigenvalue weighted by molar-refractivity contribution is -0.0833. The van der Waals surface area contributed by atoms with Crippen LogP contribution < -0.4 is 5.32 Å². The minimum atomic E-state index is 0.0419. The van der Waals surface area contributed by atoms with E-state index in [4.69, 9.17) is 21.1 Å². The van der Waals surface area contributed by atoms with Gasteiger partial charge in [0.25, 0.3) is 0 Å². The maximum atomic E-state index is 6.04. The molecule has 7 heteroatoms. The smallest absolute Gasteiger partial charge is 0.194 e. The van der Waals surface area contributed by atoms with E-state index in [0.717, 1.165) is 29.8 Å². The van der Waals surface area contributed by atoms with Crippen LogP contribution in [0.5, 0.6) is 0 Å². The first kappa shape index (κ1) is 17.1. The van der Waals surface area contributed by atoms with E-state index in [1.807, 2.05) is 30.9 Å². The Labute approximate surface area is 137 Å². The average Bonchev–Trinajstić information content (AvgIpc) is 2.82. The maximum absolute atomic E-state index is 6.04. The van der Waals surface area contributed by atoms with Gasteiger partial charge in [0, 0.05) is 32.5 Å². The third-order valence-corrected chi connectivity index (χ3v) is 3.71. The Morgan fingerprint density at radius 2 is 2.36 bits per heavy atom. The first-order valence-electron chi connectivity index (χ1n) is 7.59. The second-order valence-corrected chi connectivity index (χ2v) is 5.82. The molecule has 0 spiro atoms. The van der Waals surface area contributed by atoms with Crippen molar-refractivity contribution in [1.82, 2.24) is 14.8 Å². The molecular formula is C15H25ClN4O2. The number of aliphatic imine (C=N–C) groups is 1. The van der Waals surface area contributed by atoms with Crippen LogP contribution in [0.25, 0.3) is 0 Å². The lowest BCUT2D eigenvalue weighted by atomic mass is 10.3. The van der Waals surface area contributed by atoms with Gasteiger partial charge in [0.15, 0.2) is 5.96 Å². The summed E-state index contributed by atoms with van der Waals surface area (Å²) in [4.78, 5) is 6.74. The molecule has 2 rings (SSSR count). The van der Waals surface area contributed by atoms with Crippen molar-refractivity contribution in [3.8, 4) is 0 Å². The van der Waals surface area contributed by atoms with Crippen molar-refractivity contribution in [2.24, 2.45) is 12.0 Å². The fraction of sp³-hybridized carbons (Fsp3) is 0.667. The summed E-state index contributed by atoms with van der Waals surface area (Å²) in [6.07, 6.45) is 1.95. The SMILES string of the molecule is CCNC(=NCC1COCCO1)N(C)Cc1cc(Cl)cn1C. The molecule has 1 aliphatic rings. The number of rotatable bonds is 5. The molecule has 0 bridgehead atoms. The third-order valence-electron chi connectivity index (χ3n) is 3.50. The average molecular weight is 329 g/mol. The summed E-state index contributed by atoms with van der Waals surface area (Å²) >= 11 is 6.04. The molecule has 2 heterocycles. The Morgan fingerprint density at radius 1 is 1.55 bits per heavy atom. The van der Waals surface area contributed by atoms with Crippen LogP contribution in [0.4, 0.5) is 0 Å². The number of guanidine groups is 1. The van der Waals surface area contributed by atoms with Gasteiger partial charge in [-0.2, -0.15) is 0 Å². The second kappa shape index (κ2) is 8.41. The van der Waals surface area contributed by atoms with Crippen molar-refractivity contribution in [2.45, 2.75) is 19.6 Å². The van der Waals surface area contributed by atoms with E-state index in [2.05, 4.69) is 22.1 Å². The highest BCUT2D eigenvalue weighted by Crippen LogP contribution is 2.14. The number of hydrogen-bond donors (Lipinski definition) is 1. The Bertz CT molecular complexity index is 498. The van der Waals surface area contributed by atoms with E-state index in [1.165, 1.54) is 0 Å². The molecule has 0 amide bonds. The number of aromatic nitrogens is 1. The molecule has 0 radical (unpaired) electrons. The van der Waals surface area contributed by atoms with E-state index in [0.29, 0.717) is 26.4 Å². The van der Waals surface area contributed by atoms with Gasteiger partial charge >= 0.3 is 0 Å². The van der Waals surface area contributed by atoms with Gasteiger partial charge in [-0.3, -0.25) is 4.99 Å². The monoisotopic (exact) mass is 328 g/mol. The molecule has 1 aromatic heterocycles. The Morgan fingerprint density at radius 3 is 2.95 bits per heavy atom. The fourth-order valence-electron chi connectivity index (χ4n) is 2.34. The van der Waals surface area contributed by atoms with Gasteiger partial charge in [0.2, 0.25) is 0 Å². The van der Waals surface area contributed by atoms with E-state index in [-0.39, 0.29) is 6.10 Å². The standard InChI is InChI=1S/C15H25ClN4O2/c1-4-17-15(18-8-14-11-21-5-6-22-14)20(3)10-13-7-12(16)9-19(13)2/h7,9,14H,4-6,8,10-11H2,1-3H3,(H,17,18). The van der Waals surface area contributed by atoms with Crippen LogP contribution in [-0.4, -0.2) is 61.5 Å². The van der Waals surface area contributed by atoms with Gasteiger partial charge in [0.1, 0.15) is 6.10 Å². The van der Waals surface area contributed by atoms with Crippen LogP contribution in [0.2, 0.25) is 5.02 Å². The zero-order valence-electron chi connectivity index (χ0n) is 13.5. The van der Waals surface area contributed by atoms with Crippen molar-refractivity contribution >= 4 is 17.6 Å². The van der Waals surface area contributed by atoms with E-state index in [9.17, 15) is 0 Å². The van der Waals surface area contributed by atoms with Gasteiger partial charge in [-0.15, -0.1) is 0 Å². The predicted molar refractivity (Wildman–Crippen MR) is 88.4 cm³/mol. The van der Waals surface area contributed by atoms with Crippen molar-refractivity contribution < 1.29 is 9.47 Å². The summed E-state index contributed by atoms with van der Waals surface area (Å²) in [5.41, 5.74) is 1.13. The van der Waals surface area contributed by atoms with Gasteiger partial charge in [-0.25, -0.2) is 0 Å². The first-order valence-corrected chi connectivity index (χ1v) is 7.97. The fourth-order valence-corrected chi connectivity index (χ4v) is 2.61. The van der Waals surface area contributed by atoms with Crippen molar-refractivity contribution in [2.75, 3.05) is 40.0 Å². The minimum Gasteiger partial charge on any atom is -0.376 e. The number of nitrogens with zero attached hydrogens (tertiary/aromatic N) is 3. The van der Waals surface area contributed by atoms with Crippen LogP contribution in [0.3, 0.4) is 0 Å². The maximum Gasteiger partial charge on any atom is 0.194 e. The number of aryl methyl sites for hydroxylation is 1. The van der Waals surface area contributed by atoms with Crippen LogP contribution in [0, 0.1) is 0 Å². The van der Waals surface area contributed by atoms with Crippen LogP contribution >= 0.6 is 11.6 Å². The summed E-state index contributed by atoms with van der Waals surface area (Å²) in [5.74, 6) is 0.856. The Kier molecular flexibility index (Phi) is 6.54. The van der Waals surface area contributed by atoms with E-state index < -0.39 is 0 Å². The molecule has 6 nitrogen and oxygen atoms in total. The summed E-state index contributed by atoms with van der Waals surface area (Å²) in [5, 5.41) is 4.06. The molecule has 1 N–H and O–H groups in total. The molecule has 0 saturated carbocycles. The van der Waals surface area contributed by atoms with Crippen LogP contribution in [0.15, 0.2) is 17.3 Å². The number of halogens is 1. The topological polar surface area (TPSA) is 51.0 Å². The van der Waals surface area contributed by atoms with Gasteiger partial charge < -0.3 is 24.3 Å². The molecule has 22 heavy (non-hydrogen) atoms. The molecule has 1 atom stereocenters. The quantitative estimate of drug-likeness (QED) is 0.657. The van der Waals surface area contributed by atoms with Crippen molar-refractivity contribution in [1.29, 1.82) is 0 Å². The molecule has 0 aromatic carbocycles. The lowest BCUT2D eigenvalue weighted by Crippen LogP contribution is -2.40. The number of ether oxygens (including phenoxy) is 2. The van der Waals surface area contributed by atoms with Crippen molar-refractivity contribution in [3.05, 3.63) is 23.0 Å². The molecular weight excluding hydrogens is 304 g/mol. The zero-order chi connectivity index (χ0) is 15.9. The van der Waals surface area contributed by atoms with E-state index >= 15 is 0 Å². The van der Waals surface area contributed by atoms with Gasteiger partial charge in [-0.05, 0) is 13.0 Å². The van der Waals surface area contributed by atoms with Crippen LogP contribution in [-0.2, 0) is 23.1 Å². The Hall–Kier alpha value is -1.24. The van der Waals surface area contributed by atoms with Crippen LogP contribution in [0.1, 0.15) is 12.6 Å². The third kappa shape index (κ3) is 4.90. The lowest BCUT2D eigenvalue weighted by Gasteiger charge is -2.25. The summed E-state index contributed by atoms with van der Waals surface area (Å²) in [7, 11) is 4.01. The Balaban J connectivity index is 1.97. The predicted octanol–water partition coefficient (Wildman–Crippen LogP) is 1.49. The zero-order valence-corrected chi connectivity index (χ0v) is 14.3. The normalized spacial score (nSPS) is 19.3. The molecule has 124 valence electrons. The highest BCUT2D eigenvalue weighted by Gasteiger charge is 2.15. The van der Waals surface area contributed by atoms with Gasteiger partial charge in [0.05, 0.1) is 37.9 Å². The largest absolute Gasteiger partial charge is 0.376 e. The molecule has 0 aliphatic carbocycles. The van der Waals surface area contributed by atoms with Crippen molar-refractivity contribution in [3.63, 3.8) is 0 Å². The minimum absolute atomic E-state index is 0.0419.